The monoisotopic (exact) mass is 563 g/mol. The van der Waals surface area contributed by atoms with E-state index in [1.807, 2.05) is 0 Å². The first-order valence-corrected chi connectivity index (χ1v) is 12.7. The molecule has 4 atom stereocenters. The fourth-order valence-corrected chi connectivity index (χ4v) is 6.56. The molecule has 2 aromatic carbocycles. The third-order valence-electron chi connectivity index (χ3n) is 8.29. The summed E-state index contributed by atoms with van der Waals surface area (Å²) < 4.78 is 4.81. The lowest BCUT2D eigenvalue weighted by atomic mass is 9.57. The Morgan fingerprint density at radius 2 is 1.78 bits per heavy atom. The van der Waals surface area contributed by atoms with Gasteiger partial charge in [-0.1, -0.05) is 6.07 Å². The number of rotatable bonds is 4. The van der Waals surface area contributed by atoms with E-state index in [1.54, 1.807) is 18.2 Å². The van der Waals surface area contributed by atoms with E-state index in [9.17, 15) is 39.6 Å². The number of aromatic hydroxyl groups is 1. The van der Waals surface area contributed by atoms with E-state index in [1.165, 1.54) is 38.2 Å². The van der Waals surface area contributed by atoms with E-state index in [0.29, 0.717) is 16.7 Å². The number of hydrogen-bond acceptors (Lipinski definition) is 11. The van der Waals surface area contributed by atoms with Gasteiger partial charge >= 0.3 is 5.97 Å². The van der Waals surface area contributed by atoms with Gasteiger partial charge in [-0.2, -0.15) is 0 Å². The number of carbonyl (C=O) groups is 4. The molecule has 12 heteroatoms. The minimum Gasteiger partial charge on any atom is -0.508 e. The number of nitrogens with zero attached hydrogens (tertiary/aromatic N) is 1. The van der Waals surface area contributed by atoms with Crippen LogP contribution < -0.4 is 11.5 Å². The highest BCUT2D eigenvalue weighted by Crippen LogP contribution is 2.53. The molecule has 0 unspecified atom stereocenters. The van der Waals surface area contributed by atoms with Crippen LogP contribution in [-0.4, -0.2) is 81.6 Å². The van der Waals surface area contributed by atoms with Crippen molar-refractivity contribution in [2.45, 2.75) is 24.5 Å². The average molecular weight is 564 g/mol. The van der Waals surface area contributed by atoms with Crippen molar-refractivity contribution < 1.29 is 44.3 Å². The maximum absolute atomic E-state index is 14.0. The van der Waals surface area contributed by atoms with Crippen molar-refractivity contribution in [3.05, 3.63) is 63.9 Å². The van der Waals surface area contributed by atoms with Gasteiger partial charge < -0.3 is 36.6 Å². The maximum atomic E-state index is 14.0. The van der Waals surface area contributed by atoms with E-state index < -0.39 is 64.0 Å². The first-order chi connectivity index (χ1) is 19.2. The van der Waals surface area contributed by atoms with E-state index in [0.717, 1.165) is 0 Å². The summed E-state index contributed by atoms with van der Waals surface area (Å²) in [5, 5.41) is 44.9. The third-order valence-corrected chi connectivity index (χ3v) is 8.29. The molecule has 1 saturated carbocycles. The van der Waals surface area contributed by atoms with Gasteiger partial charge in [0.1, 0.15) is 22.8 Å². The van der Waals surface area contributed by atoms with Crippen molar-refractivity contribution >= 4 is 34.9 Å². The Hall–Kier alpha value is -4.68. The highest BCUT2D eigenvalue weighted by Gasteiger charge is 2.64. The molecule has 5 rings (SSSR count). The number of aliphatic hydroxyl groups is 3. The number of likely N-dealkylation sites (N-methyl/N-ethyl adjacent to an activating group) is 1. The van der Waals surface area contributed by atoms with Crippen LogP contribution in [-0.2, 0) is 25.5 Å². The van der Waals surface area contributed by atoms with Crippen LogP contribution in [0.4, 0.5) is 5.69 Å². The predicted molar refractivity (Wildman–Crippen MR) is 145 cm³/mol. The third kappa shape index (κ3) is 3.90. The molecule has 1 amide bonds. The van der Waals surface area contributed by atoms with Crippen LogP contribution in [0.5, 0.6) is 5.75 Å². The number of primary amides is 1. The largest absolute Gasteiger partial charge is 0.508 e. The lowest BCUT2D eigenvalue weighted by Crippen LogP contribution is -2.65. The van der Waals surface area contributed by atoms with Gasteiger partial charge in [0, 0.05) is 17.2 Å². The molecule has 3 aliphatic carbocycles. The maximum Gasteiger partial charge on any atom is 0.337 e. The minimum atomic E-state index is -2.72. The number of aliphatic hydroxyl groups excluding tert-OH is 2. The van der Waals surface area contributed by atoms with Gasteiger partial charge in [-0.05, 0) is 73.8 Å². The van der Waals surface area contributed by atoms with Gasteiger partial charge in [-0.25, -0.2) is 4.79 Å². The Balaban J connectivity index is 1.73. The fraction of sp³-hybridized carbons (Fsp3) is 0.310. The zero-order valence-electron chi connectivity index (χ0n) is 22.5. The zero-order chi connectivity index (χ0) is 30.1. The summed E-state index contributed by atoms with van der Waals surface area (Å²) in [6, 6.07) is 6.31. The van der Waals surface area contributed by atoms with Crippen LogP contribution in [0.15, 0.2) is 47.2 Å². The number of anilines is 1. The molecule has 0 aliphatic heterocycles. The quantitative estimate of drug-likeness (QED) is 0.175. The van der Waals surface area contributed by atoms with Crippen LogP contribution in [0.2, 0.25) is 0 Å². The summed E-state index contributed by atoms with van der Waals surface area (Å²) in [7, 11) is 4.29. The van der Waals surface area contributed by atoms with Crippen molar-refractivity contribution in [3.63, 3.8) is 0 Å². The topological polar surface area (TPSA) is 214 Å². The number of methoxy groups -OCH3 is 1. The van der Waals surface area contributed by atoms with Crippen molar-refractivity contribution in [1.82, 2.24) is 4.90 Å². The van der Waals surface area contributed by atoms with Crippen LogP contribution >= 0.6 is 0 Å². The molecule has 0 radical (unpaired) electrons. The number of amides is 1. The molecule has 3 aliphatic rings. The number of ketones is 2. The first kappa shape index (κ1) is 27.9. The standard InChI is InChI=1S/C29H29N3O9/c1-32(2)22-17-10-12-9-16-15(11-6-13(28(39)41-3)8-14(30)7-11)4-5-18(33)20(16)23(34)19(12)25(36)29(17,40)26(37)21(24(22)35)27(31)38/h4-8,12,17,22,33-34,37,40H,9-10,30H2,1-3H3,(H2,31,38)/t12-,17-,22-,29-/m0/s1. The Morgan fingerprint density at radius 3 is 2.39 bits per heavy atom. The van der Waals surface area contributed by atoms with Gasteiger partial charge in [-0.3, -0.25) is 19.3 Å². The number of benzene rings is 2. The summed E-state index contributed by atoms with van der Waals surface area (Å²) >= 11 is 0. The van der Waals surface area contributed by atoms with Gasteiger partial charge in [0.05, 0.1) is 24.3 Å². The SMILES string of the molecule is COC(=O)c1cc(N)cc(-c2ccc(O)c3c2C[C@H]2C[C@H]4[C@H](N(C)C)C(=O)C(C(N)=O)=C(O)[C@@]4(O)C(=O)C2=C3O)c1. The van der Waals surface area contributed by atoms with Gasteiger partial charge in [0.15, 0.2) is 11.4 Å². The highest BCUT2D eigenvalue weighted by molar-refractivity contribution is 6.24. The molecule has 0 bridgehead atoms. The molecule has 0 aromatic heterocycles. The molecule has 0 heterocycles. The van der Waals surface area contributed by atoms with Crippen LogP contribution in [0.1, 0.15) is 27.9 Å². The van der Waals surface area contributed by atoms with E-state index in [-0.39, 0.29) is 41.0 Å². The first-order valence-electron chi connectivity index (χ1n) is 12.7. The number of esters is 1. The van der Waals surface area contributed by atoms with Crippen LogP contribution in [0, 0.1) is 11.8 Å². The highest BCUT2D eigenvalue weighted by atomic mass is 16.5. The average Bonchev–Trinajstić information content (AvgIpc) is 2.89. The number of fused-ring (bicyclic) bond motifs is 3. The molecular weight excluding hydrogens is 534 g/mol. The summed E-state index contributed by atoms with van der Waals surface area (Å²) in [5.41, 5.74) is 9.36. The summed E-state index contributed by atoms with van der Waals surface area (Å²) in [4.78, 5) is 53.0. The molecule has 8 N–H and O–H groups in total. The molecule has 41 heavy (non-hydrogen) atoms. The number of phenolic OH excluding ortho intramolecular Hbond substituents is 1. The van der Waals surface area contributed by atoms with Crippen molar-refractivity contribution in [3.8, 4) is 16.9 Å². The number of nitrogen functional groups attached to an aromatic ring is 1. The second kappa shape index (κ2) is 9.46. The van der Waals surface area contributed by atoms with E-state index in [4.69, 9.17) is 16.2 Å². The second-order valence-electron chi connectivity index (χ2n) is 10.8. The predicted octanol–water partition coefficient (Wildman–Crippen LogP) is 1.000. The van der Waals surface area contributed by atoms with Crippen molar-refractivity contribution in [2.24, 2.45) is 17.6 Å². The lowest BCUT2D eigenvalue weighted by molar-refractivity contribution is -0.153. The Bertz CT molecular complexity index is 1620. The summed E-state index contributed by atoms with van der Waals surface area (Å²) in [5.74, 6) is -7.91. The normalized spacial score (nSPS) is 25.5. The smallest absolute Gasteiger partial charge is 0.337 e. The number of hydrogen-bond donors (Lipinski definition) is 6. The number of Topliss-reactive ketones (excluding diaryl/α,β-unsaturated/α-hetero) is 2. The zero-order valence-corrected chi connectivity index (χ0v) is 22.5. The van der Waals surface area contributed by atoms with Crippen LogP contribution in [0.25, 0.3) is 16.9 Å². The Morgan fingerprint density at radius 1 is 1.10 bits per heavy atom. The van der Waals surface area contributed by atoms with E-state index in [2.05, 4.69) is 0 Å². The van der Waals surface area contributed by atoms with Crippen molar-refractivity contribution in [1.29, 1.82) is 0 Å². The van der Waals surface area contributed by atoms with Gasteiger partial charge in [-0.15, -0.1) is 0 Å². The molecule has 1 fully saturated rings. The fourth-order valence-electron chi connectivity index (χ4n) is 6.56. The van der Waals surface area contributed by atoms with Gasteiger partial charge in [0.25, 0.3) is 5.91 Å². The number of phenols is 1. The van der Waals surface area contributed by atoms with Crippen LogP contribution in [0.3, 0.4) is 0 Å². The number of nitrogens with two attached hydrogens (primary N) is 2. The van der Waals surface area contributed by atoms with E-state index >= 15 is 0 Å². The second-order valence-corrected chi connectivity index (χ2v) is 10.8. The number of ether oxygens (including phenoxy) is 1. The molecule has 214 valence electrons. The summed E-state index contributed by atoms with van der Waals surface area (Å²) in [6.45, 7) is 0. The molecule has 0 spiro atoms. The minimum absolute atomic E-state index is 0.0504. The Labute approximate surface area is 234 Å². The Kier molecular flexibility index (Phi) is 6.43. The molecular formula is C29H29N3O9. The molecule has 0 saturated heterocycles. The summed E-state index contributed by atoms with van der Waals surface area (Å²) in [6.07, 6.45) is 0.0336. The number of carbonyl (C=O) groups excluding carboxylic acids is 4. The lowest BCUT2D eigenvalue weighted by Gasteiger charge is -2.50. The van der Waals surface area contributed by atoms with Crippen molar-refractivity contribution in [2.75, 3.05) is 26.9 Å². The molecule has 12 nitrogen and oxygen atoms in total. The van der Waals surface area contributed by atoms with Gasteiger partial charge in [0.2, 0.25) is 5.78 Å². The molecule has 2 aromatic rings.